The highest BCUT2D eigenvalue weighted by atomic mass is 35.5. The largest absolute Gasteiger partial charge is 0.364 e. The van der Waals surface area contributed by atoms with Gasteiger partial charge in [-0.1, -0.05) is 42.3 Å². The molecule has 3 heterocycles. The Bertz CT molecular complexity index is 1260. The first kappa shape index (κ1) is 21.4. The Morgan fingerprint density at radius 1 is 1.12 bits per heavy atom. The molecule has 2 fully saturated rings. The van der Waals surface area contributed by atoms with E-state index in [1.165, 1.54) is 4.68 Å². The summed E-state index contributed by atoms with van der Waals surface area (Å²) in [6, 6.07) is 11.5. The van der Waals surface area contributed by atoms with Crippen molar-refractivity contribution in [1.29, 1.82) is 0 Å². The lowest BCUT2D eigenvalue weighted by molar-refractivity contribution is -0.139. The van der Waals surface area contributed by atoms with Gasteiger partial charge in [-0.05, 0) is 43.4 Å². The van der Waals surface area contributed by atoms with Crippen molar-refractivity contribution < 1.29 is 14.4 Å². The Morgan fingerprint density at radius 2 is 1.94 bits per heavy atom. The minimum Gasteiger partial charge on any atom is -0.364 e. The van der Waals surface area contributed by atoms with Crippen LogP contribution >= 0.6 is 11.6 Å². The molecule has 3 amide bonds. The van der Waals surface area contributed by atoms with Gasteiger partial charge in [0.15, 0.2) is 5.69 Å². The number of carbonyl (C=O) groups is 3. The maximum Gasteiger partial charge on any atom is 0.269 e. The van der Waals surface area contributed by atoms with Gasteiger partial charge in [-0.15, -0.1) is 0 Å². The topological polar surface area (TPSA) is 123 Å². The van der Waals surface area contributed by atoms with Gasteiger partial charge in [-0.25, -0.2) is 4.98 Å². The number of nitrogens with two attached hydrogens (primary N) is 1. The summed E-state index contributed by atoms with van der Waals surface area (Å²) in [5.41, 5.74) is 6.25. The average Bonchev–Trinajstić information content (AvgIpc) is 3.47. The van der Waals surface area contributed by atoms with Gasteiger partial charge in [0, 0.05) is 11.4 Å². The fourth-order valence-electron chi connectivity index (χ4n) is 5.21. The van der Waals surface area contributed by atoms with Crippen molar-refractivity contribution in [3.63, 3.8) is 0 Å². The van der Waals surface area contributed by atoms with Crippen LogP contribution in [0.4, 0.5) is 5.82 Å². The molecule has 170 valence electrons. The van der Waals surface area contributed by atoms with Crippen LogP contribution in [0.15, 0.2) is 42.5 Å². The molecule has 1 aromatic carbocycles. The van der Waals surface area contributed by atoms with Crippen molar-refractivity contribution in [2.45, 2.75) is 44.3 Å². The van der Waals surface area contributed by atoms with Crippen LogP contribution < -0.4 is 11.1 Å². The number of carbonyl (C=O) groups excluding carboxylic acids is 3. The minimum atomic E-state index is -0.652. The maximum absolute atomic E-state index is 13.5. The van der Waals surface area contributed by atoms with Gasteiger partial charge >= 0.3 is 0 Å². The molecule has 1 saturated carbocycles. The van der Waals surface area contributed by atoms with E-state index in [1.807, 2.05) is 6.07 Å². The van der Waals surface area contributed by atoms with Crippen molar-refractivity contribution in [3.8, 4) is 0 Å². The number of hydrogen-bond donors (Lipinski definition) is 2. The number of primary amides is 1. The van der Waals surface area contributed by atoms with Crippen LogP contribution in [0.25, 0.3) is 10.9 Å². The fourth-order valence-corrected chi connectivity index (χ4v) is 5.37. The number of likely N-dealkylation sites (tertiary alicyclic amines) is 1. The van der Waals surface area contributed by atoms with E-state index in [9.17, 15) is 14.4 Å². The monoisotopic (exact) mass is 466 g/mol. The van der Waals surface area contributed by atoms with E-state index in [1.54, 1.807) is 41.3 Å². The molecule has 33 heavy (non-hydrogen) atoms. The number of para-hydroxylation sites is 1. The van der Waals surface area contributed by atoms with Crippen LogP contribution in [0.1, 0.15) is 36.2 Å². The van der Waals surface area contributed by atoms with E-state index in [2.05, 4.69) is 15.4 Å². The van der Waals surface area contributed by atoms with Crippen LogP contribution in [0.3, 0.4) is 0 Å². The van der Waals surface area contributed by atoms with Gasteiger partial charge in [-0.3, -0.25) is 19.1 Å². The first-order valence-electron chi connectivity index (χ1n) is 10.9. The van der Waals surface area contributed by atoms with E-state index in [0.29, 0.717) is 23.1 Å². The minimum absolute atomic E-state index is 0.0120. The lowest BCUT2D eigenvalue weighted by Crippen LogP contribution is -2.48. The molecular formula is C23H23ClN6O3. The van der Waals surface area contributed by atoms with Crippen molar-refractivity contribution in [3.05, 3.63) is 53.3 Å². The van der Waals surface area contributed by atoms with Crippen LogP contribution in [-0.2, 0) is 16.1 Å². The molecule has 9 nitrogen and oxygen atoms in total. The predicted octanol–water partition coefficient (Wildman–Crippen LogP) is 2.59. The Morgan fingerprint density at radius 3 is 2.73 bits per heavy atom. The quantitative estimate of drug-likeness (QED) is 0.559. The molecule has 0 unspecified atom stereocenters. The Kier molecular flexibility index (Phi) is 5.49. The highest BCUT2D eigenvalue weighted by Gasteiger charge is 2.48. The number of fused-ring (bicyclic) bond motifs is 2. The van der Waals surface area contributed by atoms with Crippen molar-refractivity contribution in [1.82, 2.24) is 19.7 Å². The second-order valence-corrected chi connectivity index (χ2v) is 8.92. The van der Waals surface area contributed by atoms with Crippen molar-refractivity contribution >= 4 is 46.0 Å². The number of aromatic nitrogens is 3. The summed E-state index contributed by atoms with van der Waals surface area (Å²) in [6.07, 6.45) is 3.49. The summed E-state index contributed by atoms with van der Waals surface area (Å²) in [7, 11) is 0. The molecular weight excluding hydrogens is 444 g/mol. The standard InChI is InChI=1S/C23H23ClN6O3/c24-18-9-4-10-19(26-18)27-23(33)17-11-13-5-3-8-15(13)30(17)20(31)12-29-16-7-2-1-6-14(16)21(28-29)22(25)32/h1-2,4,6-7,9-10,13,15,17H,3,5,8,11-12H2,(H2,25,32)(H,26,27,33)/t13-,15-,17-/m1/s1. The van der Waals surface area contributed by atoms with E-state index in [0.717, 1.165) is 19.3 Å². The van der Waals surface area contributed by atoms with Gasteiger partial charge in [0.2, 0.25) is 11.8 Å². The molecule has 2 aliphatic rings. The highest BCUT2D eigenvalue weighted by Crippen LogP contribution is 2.41. The zero-order valence-corrected chi connectivity index (χ0v) is 18.5. The molecule has 5 rings (SSSR count). The second-order valence-electron chi connectivity index (χ2n) is 8.53. The molecule has 0 radical (unpaired) electrons. The first-order chi connectivity index (χ1) is 15.9. The summed E-state index contributed by atoms with van der Waals surface area (Å²) in [5.74, 6) is -0.516. The lowest BCUT2D eigenvalue weighted by Gasteiger charge is -2.29. The molecule has 2 aromatic heterocycles. The molecule has 1 aliphatic carbocycles. The van der Waals surface area contributed by atoms with Crippen LogP contribution in [0, 0.1) is 5.92 Å². The number of anilines is 1. The van der Waals surface area contributed by atoms with Gasteiger partial charge in [0.05, 0.1) is 5.52 Å². The first-order valence-corrected chi connectivity index (χ1v) is 11.3. The van der Waals surface area contributed by atoms with Gasteiger partial charge in [0.25, 0.3) is 5.91 Å². The molecule has 1 aliphatic heterocycles. The summed E-state index contributed by atoms with van der Waals surface area (Å²) in [4.78, 5) is 44.4. The fraction of sp³-hybridized carbons (Fsp3) is 0.348. The molecule has 3 N–H and O–H groups in total. The number of hydrogen-bond acceptors (Lipinski definition) is 5. The van der Waals surface area contributed by atoms with E-state index in [-0.39, 0.29) is 41.2 Å². The summed E-state index contributed by atoms with van der Waals surface area (Å²) in [5, 5.41) is 7.98. The number of nitrogens with zero attached hydrogens (tertiary/aromatic N) is 4. The number of nitrogens with one attached hydrogen (secondary N) is 1. The smallest absolute Gasteiger partial charge is 0.269 e. The number of amides is 3. The van der Waals surface area contributed by atoms with Gasteiger partial charge in [0.1, 0.15) is 23.6 Å². The third kappa shape index (κ3) is 3.93. The van der Waals surface area contributed by atoms with Gasteiger partial charge in [-0.2, -0.15) is 5.10 Å². The predicted molar refractivity (Wildman–Crippen MR) is 123 cm³/mol. The van der Waals surface area contributed by atoms with Crippen LogP contribution in [0.2, 0.25) is 5.15 Å². The van der Waals surface area contributed by atoms with E-state index >= 15 is 0 Å². The molecule has 1 saturated heterocycles. The van der Waals surface area contributed by atoms with Crippen LogP contribution in [-0.4, -0.2) is 49.5 Å². The Balaban J connectivity index is 1.42. The number of rotatable bonds is 5. The summed E-state index contributed by atoms with van der Waals surface area (Å²) in [6.45, 7) is -0.0871. The maximum atomic E-state index is 13.5. The second kappa shape index (κ2) is 8.47. The van der Waals surface area contributed by atoms with Gasteiger partial charge < -0.3 is 16.0 Å². The third-order valence-electron chi connectivity index (χ3n) is 6.57. The number of halogens is 1. The molecule has 3 aromatic rings. The van der Waals surface area contributed by atoms with E-state index in [4.69, 9.17) is 17.3 Å². The summed E-state index contributed by atoms with van der Waals surface area (Å²) < 4.78 is 1.49. The number of benzene rings is 1. The van der Waals surface area contributed by atoms with E-state index < -0.39 is 11.9 Å². The zero-order valence-electron chi connectivity index (χ0n) is 17.8. The molecule has 10 heteroatoms. The lowest BCUT2D eigenvalue weighted by atomic mass is 10.0. The molecule has 3 atom stereocenters. The molecule has 0 bridgehead atoms. The van der Waals surface area contributed by atoms with Crippen LogP contribution in [0.5, 0.6) is 0 Å². The molecule has 0 spiro atoms. The number of pyridine rings is 1. The zero-order chi connectivity index (χ0) is 23.1. The van der Waals surface area contributed by atoms with Crippen molar-refractivity contribution in [2.75, 3.05) is 5.32 Å². The SMILES string of the molecule is NC(=O)c1nn(CC(=O)N2[C@@H](C(=O)Nc3cccc(Cl)n3)C[C@H]3CCC[C@H]32)c2ccccc12. The normalized spacial score (nSPS) is 21.8. The Hall–Kier alpha value is -3.46. The Labute approximate surface area is 194 Å². The van der Waals surface area contributed by atoms with Crippen molar-refractivity contribution in [2.24, 2.45) is 11.7 Å². The summed E-state index contributed by atoms with van der Waals surface area (Å²) >= 11 is 5.94. The third-order valence-corrected chi connectivity index (χ3v) is 6.78. The highest BCUT2D eigenvalue weighted by molar-refractivity contribution is 6.29. The average molecular weight is 467 g/mol.